The van der Waals surface area contributed by atoms with Crippen LogP contribution in [-0.2, 0) is 12.8 Å². The molecule has 2 aliphatic rings. The molecule has 0 atom stereocenters. The molecule has 2 N–H and O–H groups in total. The Kier molecular flexibility index (Phi) is 3.44. The normalized spacial score (nSPS) is 17.9. The molecule has 0 bridgehead atoms. The number of pyridine rings is 1. The lowest BCUT2D eigenvalue weighted by Gasteiger charge is -2.27. The molecule has 0 spiro atoms. The number of hydrogen-bond donors (Lipinski definition) is 1. The maximum absolute atomic E-state index is 5.93. The van der Waals surface area contributed by atoms with Gasteiger partial charge in [0.1, 0.15) is 10.8 Å². The molecule has 0 radical (unpaired) electrons. The number of anilines is 1. The first-order valence-corrected chi connectivity index (χ1v) is 7.70. The number of fused-ring (bicyclic) bond motifs is 1. The standard InChI is InChI=1S/C15H21N3S/c1-2-18(11-7-8-11)15-12(14(16)19)9-10-5-3-4-6-13(10)17-15/h9,11H,2-8H2,1H3,(H2,16,19). The predicted octanol–water partition coefficient (Wildman–Crippen LogP) is 2.58. The molecule has 1 aromatic rings. The Morgan fingerprint density at radius 2 is 2.16 bits per heavy atom. The van der Waals surface area contributed by atoms with Gasteiger partial charge < -0.3 is 10.6 Å². The van der Waals surface area contributed by atoms with E-state index in [1.54, 1.807) is 0 Å². The smallest absolute Gasteiger partial charge is 0.139 e. The van der Waals surface area contributed by atoms with E-state index in [1.807, 2.05) is 0 Å². The summed E-state index contributed by atoms with van der Waals surface area (Å²) >= 11 is 5.24. The minimum Gasteiger partial charge on any atom is -0.389 e. The summed E-state index contributed by atoms with van der Waals surface area (Å²) in [7, 11) is 0. The molecule has 0 aromatic carbocycles. The van der Waals surface area contributed by atoms with Gasteiger partial charge in [0.05, 0.1) is 5.56 Å². The van der Waals surface area contributed by atoms with E-state index in [0.717, 1.165) is 30.8 Å². The highest BCUT2D eigenvalue weighted by Crippen LogP contribution is 2.34. The van der Waals surface area contributed by atoms with E-state index in [4.69, 9.17) is 22.9 Å². The first-order chi connectivity index (χ1) is 9.20. The zero-order valence-electron chi connectivity index (χ0n) is 11.5. The Morgan fingerprint density at radius 3 is 2.79 bits per heavy atom. The van der Waals surface area contributed by atoms with Gasteiger partial charge in [0.25, 0.3) is 0 Å². The van der Waals surface area contributed by atoms with E-state index in [0.29, 0.717) is 11.0 Å². The molecule has 2 aliphatic carbocycles. The second kappa shape index (κ2) is 5.08. The summed E-state index contributed by atoms with van der Waals surface area (Å²) in [6, 6.07) is 2.84. The fraction of sp³-hybridized carbons (Fsp3) is 0.600. The number of hydrogen-bond acceptors (Lipinski definition) is 3. The van der Waals surface area contributed by atoms with Crippen LogP contribution in [0.2, 0.25) is 0 Å². The van der Waals surface area contributed by atoms with Crippen LogP contribution in [0.15, 0.2) is 6.07 Å². The molecule has 1 aromatic heterocycles. The molecular weight excluding hydrogens is 254 g/mol. The van der Waals surface area contributed by atoms with Crippen molar-refractivity contribution in [1.82, 2.24) is 4.98 Å². The monoisotopic (exact) mass is 275 g/mol. The molecule has 0 saturated heterocycles. The summed E-state index contributed by atoms with van der Waals surface area (Å²) in [5.74, 6) is 1.03. The SMILES string of the molecule is CCN(c1nc2c(cc1C(N)=S)CCCC2)C1CC1. The molecule has 0 aliphatic heterocycles. The Hall–Kier alpha value is -1.16. The summed E-state index contributed by atoms with van der Waals surface area (Å²) in [6.45, 7) is 3.16. The van der Waals surface area contributed by atoms with E-state index in [-0.39, 0.29) is 0 Å². The van der Waals surface area contributed by atoms with Crippen LogP contribution in [0.1, 0.15) is 49.4 Å². The summed E-state index contributed by atoms with van der Waals surface area (Å²) in [6.07, 6.45) is 7.26. The Balaban J connectivity index is 2.07. The summed E-state index contributed by atoms with van der Waals surface area (Å²) in [5.41, 5.74) is 9.52. The van der Waals surface area contributed by atoms with Crippen molar-refractivity contribution in [2.45, 2.75) is 51.5 Å². The van der Waals surface area contributed by atoms with Crippen LogP contribution in [0, 0.1) is 0 Å². The molecular formula is C15H21N3S. The maximum atomic E-state index is 5.93. The van der Waals surface area contributed by atoms with Gasteiger partial charge >= 0.3 is 0 Å². The molecule has 4 heteroatoms. The van der Waals surface area contributed by atoms with E-state index in [2.05, 4.69) is 17.9 Å². The highest BCUT2D eigenvalue weighted by Gasteiger charge is 2.31. The van der Waals surface area contributed by atoms with Crippen LogP contribution in [-0.4, -0.2) is 22.6 Å². The van der Waals surface area contributed by atoms with Crippen molar-refractivity contribution in [3.63, 3.8) is 0 Å². The summed E-state index contributed by atoms with van der Waals surface area (Å²) < 4.78 is 0. The molecule has 1 fully saturated rings. The number of nitrogens with zero attached hydrogens (tertiary/aromatic N) is 2. The molecule has 3 rings (SSSR count). The van der Waals surface area contributed by atoms with Gasteiger partial charge in [-0.15, -0.1) is 0 Å². The molecule has 0 unspecified atom stereocenters. The average molecular weight is 275 g/mol. The minimum absolute atomic E-state index is 0.481. The van der Waals surface area contributed by atoms with Crippen molar-refractivity contribution in [2.75, 3.05) is 11.4 Å². The predicted molar refractivity (Wildman–Crippen MR) is 82.8 cm³/mol. The number of nitrogens with two attached hydrogens (primary N) is 1. The number of rotatable bonds is 4. The van der Waals surface area contributed by atoms with Crippen LogP contribution in [0.25, 0.3) is 0 Å². The van der Waals surface area contributed by atoms with Crippen LogP contribution in [0.5, 0.6) is 0 Å². The summed E-state index contributed by atoms with van der Waals surface area (Å²) in [5, 5.41) is 0. The Labute approximate surface area is 120 Å². The van der Waals surface area contributed by atoms with E-state index in [1.165, 1.54) is 36.9 Å². The van der Waals surface area contributed by atoms with E-state index >= 15 is 0 Å². The van der Waals surface area contributed by atoms with E-state index in [9.17, 15) is 0 Å². The van der Waals surface area contributed by atoms with Crippen LogP contribution < -0.4 is 10.6 Å². The number of aromatic nitrogens is 1. The zero-order chi connectivity index (χ0) is 13.4. The minimum atomic E-state index is 0.481. The van der Waals surface area contributed by atoms with Crippen molar-refractivity contribution in [1.29, 1.82) is 0 Å². The van der Waals surface area contributed by atoms with Gasteiger partial charge in [-0.2, -0.15) is 0 Å². The zero-order valence-corrected chi connectivity index (χ0v) is 12.3. The average Bonchev–Trinajstić information content (AvgIpc) is 3.23. The van der Waals surface area contributed by atoms with Gasteiger partial charge in [-0.25, -0.2) is 4.98 Å². The fourth-order valence-electron chi connectivity index (χ4n) is 2.99. The van der Waals surface area contributed by atoms with Crippen LogP contribution >= 0.6 is 12.2 Å². The van der Waals surface area contributed by atoms with Gasteiger partial charge in [-0.3, -0.25) is 0 Å². The summed E-state index contributed by atoms with van der Waals surface area (Å²) in [4.78, 5) is 7.79. The molecule has 1 saturated carbocycles. The van der Waals surface area contributed by atoms with Crippen molar-refractivity contribution in [3.8, 4) is 0 Å². The highest BCUT2D eigenvalue weighted by molar-refractivity contribution is 7.80. The topological polar surface area (TPSA) is 42.2 Å². The molecule has 0 amide bonds. The third-order valence-electron chi connectivity index (χ3n) is 4.15. The molecule has 102 valence electrons. The van der Waals surface area contributed by atoms with Crippen molar-refractivity contribution >= 4 is 23.0 Å². The van der Waals surface area contributed by atoms with Gasteiger partial charge in [0, 0.05) is 18.3 Å². The first kappa shape index (κ1) is 12.9. The van der Waals surface area contributed by atoms with Crippen molar-refractivity contribution in [3.05, 3.63) is 22.9 Å². The fourth-order valence-corrected chi connectivity index (χ4v) is 3.14. The van der Waals surface area contributed by atoms with Crippen molar-refractivity contribution in [2.24, 2.45) is 5.73 Å². The largest absolute Gasteiger partial charge is 0.389 e. The second-order valence-electron chi connectivity index (χ2n) is 5.55. The second-order valence-corrected chi connectivity index (χ2v) is 5.99. The van der Waals surface area contributed by atoms with Gasteiger partial charge in [0.2, 0.25) is 0 Å². The van der Waals surface area contributed by atoms with Gasteiger partial charge in [-0.05, 0) is 57.1 Å². The third-order valence-corrected chi connectivity index (χ3v) is 4.37. The lowest BCUT2D eigenvalue weighted by Crippen LogP contribution is -2.30. The van der Waals surface area contributed by atoms with Crippen molar-refractivity contribution < 1.29 is 0 Å². The molecule has 3 nitrogen and oxygen atoms in total. The quantitative estimate of drug-likeness (QED) is 0.858. The Bertz CT molecular complexity index is 508. The van der Waals surface area contributed by atoms with E-state index < -0.39 is 0 Å². The molecule has 19 heavy (non-hydrogen) atoms. The third kappa shape index (κ3) is 2.46. The van der Waals surface area contributed by atoms with Gasteiger partial charge in [0.15, 0.2) is 0 Å². The number of aryl methyl sites for hydroxylation is 2. The van der Waals surface area contributed by atoms with Crippen LogP contribution in [0.4, 0.5) is 5.82 Å². The lowest BCUT2D eigenvalue weighted by molar-refractivity contribution is 0.663. The Morgan fingerprint density at radius 1 is 1.42 bits per heavy atom. The molecule has 1 heterocycles. The van der Waals surface area contributed by atoms with Crippen LogP contribution in [0.3, 0.4) is 0 Å². The number of thiocarbonyl (C=S) groups is 1. The highest BCUT2D eigenvalue weighted by atomic mass is 32.1. The van der Waals surface area contributed by atoms with Gasteiger partial charge in [-0.1, -0.05) is 12.2 Å². The first-order valence-electron chi connectivity index (χ1n) is 7.30. The maximum Gasteiger partial charge on any atom is 0.139 e. The lowest BCUT2D eigenvalue weighted by atomic mass is 9.94.